The molecule has 2 N–H and O–H groups in total. The van der Waals surface area contributed by atoms with Crippen LogP contribution in [0.2, 0.25) is 0 Å². The summed E-state index contributed by atoms with van der Waals surface area (Å²) in [5.41, 5.74) is -0.0445. The second kappa shape index (κ2) is 5.85. The van der Waals surface area contributed by atoms with Gasteiger partial charge in [-0.25, -0.2) is 9.78 Å². The number of nitrogens with zero attached hydrogens (tertiary/aromatic N) is 3. The summed E-state index contributed by atoms with van der Waals surface area (Å²) in [6.45, 7) is 1.95. The highest BCUT2D eigenvalue weighted by atomic mass is 32.1. The summed E-state index contributed by atoms with van der Waals surface area (Å²) in [6, 6.07) is 0. The Kier molecular flexibility index (Phi) is 4.17. The van der Waals surface area contributed by atoms with Gasteiger partial charge in [0.05, 0.1) is 6.42 Å². The summed E-state index contributed by atoms with van der Waals surface area (Å²) >= 11 is 2.46. The standard InChI is InChI=1S/C10H10N4O3S2/c1-2-7-13-14-10(19-7)12-6(15)3-8-11-5(4-18-8)9(16)17/h4H,2-3H2,1H3,(H,16,17)(H,12,14,15). The van der Waals surface area contributed by atoms with E-state index in [-0.39, 0.29) is 18.0 Å². The average molecular weight is 298 g/mol. The molecule has 0 spiro atoms. The van der Waals surface area contributed by atoms with E-state index in [1.54, 1.807) is 0 Å². The first-order valence-corrected chi connectivity index (χ1v) is 7.08. The molecule has 0 saturated heterocycles. The number of anilines is 1. The molecule has 0 aliphatic carbocycles. The molecule has 2 heterocycles. The van der Waals surface area contributed by atoms with Crippen LogP contribution in [-0.2, 0) is 17.6 Å². The van der Waals surface area contributed by atoms with Gasteiger partial charge in [0, 0.05) is 5.38 Å². The van der Waals surface area contributed by atoms with Crippen molar-refractivity contribution in [2.24, 2.45) is 0 Å². The minimum Gasteiger partial charge on any atom is -0.476 e. The van der Waals surface area contributed by atoms with Gasteiger partial charge in [-0.2, -0.15) is 0 Å². The Morgan fingerprint density at radius 3 is 2.74 bits per heavy atom. The summed E-state index contributed by atoms with van der Waals surface area (Å²) in [5, 5.41) is 22.2. The average Bonchev–Trinajstić information content (AvgIpc) is 2.98. The summed E-state index contributed by atoms with van der Waals surface area (Å²) in [7, 11) is 0. The van der Waals surface area contributed by atoms with E-state index in [1.165, 1.54) is 16.7 Å². The van der Waals surface area contributed by atoms with Gasteiger partial charge in [0.1, 0.15) is 10.0 Å². The monoisotopic (exact) mass is 298 g/mol. The van der Waals surface area contributed by atoms with Crippen molar-refractivity contribution in [1.29, 1.82) is 0 Å². The molecule has 19 heavy (non-hydrogen) atoms. The fourth-order valence-corrected chi connectivity index (χ4v) is 2.70. The quantitative estimate of drug-likeness (QED) is 0.865. The summed E-state index contributed by atoms with van der Waals surface area (Å²) < 4.78 is 0. The molecule has 9 heteroatoms. The minimum absolute atomic E-state index is 0.0268. The predicted molar refractivity (Wildman–Crippen MR) is 70.7 cm³/mol. The van der Waals surface area contributed by atoms with Gasteiger partial charge in [-0.1, -0.05) is 18.3 Å². The minimum atomic E-state index is -1.10. The number of carbonyl (C=O) groups excluding carboxylic acids is 1. The van der Waals surface area contributed by atoms with E-state index in [0.717, 1.165) is 22.8 Å². The van der Waals surface area contributed by atoms with Gasteiger partial charge >= 0.3 is 5.97 Å². The lowest BCUT2D eigenvalue weighted by molar-refractivity contribution is -0.115. The molecule has 2 rings (SSSR count). The van der Waals surface area contributed by atoms with Crippen molar-refractivity contribution in [1.82, 2.24) is 15.2 Å². The first-order chi connectivity index (χ1) is 9.08. The number of thiazole rings is 1. The first kappa shape index (κ1) is 13.6. The zero-order valence-corrected chi connectivity index (χ0v) is 11.5. The Balaban J connectivity index is 1.95. The summed E-state index contributed by atoms with van der Waals surface area (Å²) in [4.78, 5) is 26.2. The number of nitrogens with one attached hydrogen (secondary N) is 1. The summed E-state index contributed by atoms with van der Waals surface area (Å²) in [5.74, 6) is -1.38. The van der Waals surface area contributed by atoms with Crippen molar-refractivity contribution in [2.45, 2.75) is 19.8 Å². The number of carboxylic acid groups (broad SMARTS) is 1. The van der Waals surface area contributed by atoms with Gasteiger partial charge in [-0.05, 0) is 6.42 Å². The Morgan fingerprint density at radius 2 is 2.16 bits per heavy atom. The molecule has 0 radical (unpaired) electrons. The second-order valence-corrected chi connectivity index (χ2v) is 5.52. The normalized spacial score (nSPS) is 10.4. The van der Waals surface area contributed by atoms with E-state index in [9.17, 15) is 9.59 Å². The van der Waals surface area contributed by atoms with Crippen LogP contribution >= 0.6 is 22.7 Å². The molecule has 2 aromatic rings. The van der Waals surface area contributed by atoms with Crippen LogP contribution in [0, 0.1) is 0 Å². The highest BCUT2D eigenvalue weighted by Crippen LogP contribution is 2.16. The molecular formula is C10H10N4O3S2. The molecule has 0 fully saturated rings. The lowest BCUT2D eigenvalue weighted by atomic mass is 10.4. The zero-order chi connectivity index (χ0) is 13.8. The van der Waals surface area contributed by atoms with Crippen LogP contribution < -0.4 is 5.32 Å². The SMILES string of the molecule is CCc1nnc(NC(=O)Cc2nc(C(=O)O)cs2)s1. The van der Waals surface area contributed by atoms with Crippen LogP contribution in [0.5, 0.6) is 0 Å². The highest BCUT2D eigenvalue weighted by molar-refractivity contribution is 7.15. The van der Waals surface area contributed by atoms with Crippen LogP contribution in [0.25, 0.3) is 0 Å². The van der Waals surface area contributed by atoms with Gasteiger partial charge < -0.3 is 10.4 Å². The number of amides is 1. The van der Waals surface area contributed by atoms with Crippen molar-refractivity contribution < 1.29 is 14.7 Å². The van der Waals surface area contributed by atoms with E-state index in [2.05, 4.69) is 20.5 Å². The molecule has 0 aliphatic heterocycles. The highest BCUT2D eigenvalue weighted by Gasteiger charge is 2.13. The van der Waals surface area contributed by atoms with Crippen LogP contribution in [0.3, 0.4) is 0 Å². The van der Waals surface area contributed by atoms with E-state index in [1.807, 2.05) is 6.92 Å². The van der Waals surface area contributed by atoms with Crippen LogP contribution in [0.1, 0.15) is 27.4 Å². The molecule has 1 amide bonds. The second-order valence-electron chi connectivity index (χ2n) is 3.51. The van der Waals surface area contributed by atoms with E-state index in [4.69, 9.17) is 5.11 Å². The van der Waals surface area contributed by atoms with Crippen LogP contribution in [0.15, 0.2) is 5.38 Å². The number of carboxylic acids is 1. The maximum atomic E-state index is 11.7. The third-order valence-electron chi connectivity index (χ3n) is 2.10. The van der Waals surface area contributed by atoms with E-state index < -0.39 is 5.97 Å². The Hall–Kier alpha value is -1.87. The number of rotatable bonds is 5. The molecule has 0 aliphatic rings. The molecule has 7 nitrogen and oxygen atoms in total. The van der Waals surface area contributed by atoms with Gasteiger partial charge in [0.15, 0.2) is 5.69 Å². The largest absolute Gasteiger partial charge is 0.476 e. The van der Waals surface area contributed by atoms with E-state index >= 15 is 0 Å². The lowest BCUT2D eigenvalue weighted by Crippen LogP contribution is -2.14. The van der Waals surface area contributed by atoms with Crippen LogP contribution in [-0.4, -0.2) is 32.2 Å². The fraction of sp³-hybridized carbons (Fsp3) is 0.300. The number of hydrogen-bond acceptors (Lipinski definition) is 7. The number of aromatic nitrogens is 3. The van der Waals surface area contributed by atoms with Gasteiger partial charge in [-0.15, -0.1) is 21.5 Å². The molecule has 2 aromatic heterocycles. The third kappa shape index (κ3) is 3.55. The topological polar surface area (TPSA) is 105 Å². The lowest BCUT2D eigenvalue weighted by Gasteiger charge is -1.97. The van der Waals surface area contributed by atoms with E-state index in [0.29, 0.717) is 10.1 Å². The maximum absolute atomic E-state index is 11.7. The maximum Gasteiger partial charge on any atom is 0.355 e. The Bertz CT molecular complexity index is 607. The Labute approximate surface area is 116 Å². The molecule has 0 bridgehead atoms. The molecule has 100 valence electrons. The number of aromatic carboxylic acids is 1. The van der Waals surface area contributed by atoms with Crippen molar-refractivity contribution in [2.75, 3.05) is 5.32 Å². The first-order valence-electron chi connectivity index (χ1n) is 5.38. The zero-order valence-electron chi connectivity index (χ0n) is 9.91. The Morgan fingerprint density at radius 1 is 1.37 bits per heavy atom. The molecule has 0 unspecified atom stereocenters. The van der Waals surface area contributed by atoms with Gasteiger partial charge in [0.25, 0.3) is 0 Å². The third-order valence-corrected chi connectivity index (χ3v) is 3.93. The van der Waals surface area contributed by atoms with Crippen molar-refractivity contribution in [3.05, 3.63) is 21.1 Å². The molecule has 0 aromatic carbocycles. The number of hydrogen-bond donors (Lipinski definition) is 2. The van der Waals surface area contributed by atoms with Gasteiger partial charge in [0.2, 0.25) is 11.0 Å². The number of carbonyl (C=O) groups is 2. The number of aryl methyl sites for hydroxylation is 1. The van der Waals surface area contributed by atoms with Crippen molar-refractivity contribution in [3.63, 3.8) is 0 Å². The molecule has 0 atom stereocenters. The summed E-state index contributed by atoms with van der Waals surface area (Å²) in [6.07, 6.45) is 0.793. The van der Waals surface area contributed by atoms with Gasteiger partial charge in [-0.3, -0.25) is 4.79 Å². The fourth-order valence-electron chi connectivity index (χ4n) is 1.24. The smallest absolute Gasteiger partial charge is 0.355 e. The van der Waals surface area contributed by atoms with Crippen LogP contribution in [0.4, 0.5) is 5.13 Å². The van der Waals surface area contributed by atoms with Crippen molar-refractivity contribution in [3.8, 4) is 0 Å². The predicted octanol–water partition coefficient (Wildman–Crippen LogP) is 1.44. The molecular weight excluding hydrogens is 288 g/mol. The molecule has 0 saturated carbocycles. The van der Waals surface area contributed by atoms with Crippen molar-refractivity contribution >= 4 is 39.7 Å².